The van der Waals surface area contributed by atoms with Gasteiger partial charge in [0.05, 0.1) is 9.79 Å². The van der Waals surface area contributed by atoms with Gasteiger partial charge in [0.25, 0.3) is 0 Å². The van der Waals surface area contributed by atoms with E-state index in [9.17, 15) is 18.6 Å². The lowest BCUT2D eigenvalue weighted by molar-refractivity contribution is 0.407. The van der Waals surface area contributed by atoms with Gasteiger partial charge in [0, 0.05) is 12.5 Å². The maximum atomic E-state index is 12.6. The second-order valence-corrected chi connectivity index (χ2v) is 7.92. The van der Waals surface area contributed by atoms with E-state index in [2.05, 4.69) is 4.90 Å². The summed E-state index contributed by atoms with van der Waals surface area (Å²) in [7, 11) is -1.68. The smallest absolute Gasteiger partial charge is 0.206 e. The largest absolute Gasteiger partial charge is 0.508 e. The van der Waals surface area contributed by atoms with Gasteiger partial charge < -0.3 is 15.1 Å². The summed E-state index contributed by atoms with van der Waals surface area (Å²) in [5.41, 5.74) is 0.791. The van der Waals surface area contributed by atoms with Gasteiger partial charge >= 0.3 is 0 Å². The van der Waals surface area contributed by atoms with Crippen LogP contribution in [0.4, 0.5) is 0 Å². The lowest BCUT2D eigenvalue weighted by Gasteiger charge is -2.14. The van der Waals surface area contributed by atoms with Gasteiger partial charge in [-0.25, -0.2) is 8.42 Å². The Morgan fingerprint density at radius 3 is 2.26 bits per heavy atom. The van der Waals surface area contributed by atoms with E-state index in [-0.39, 0.29) is 27.2 Å². The topological polar surface area (TPSA) is 77.8 Å². The molecular weight excluding hydrogens is 314 g/mol. The molecule has 0 spiro atoms. The van der Waals surface area contributed by atoms with Crippen molar-refractivity contribution in [3.05, 3.63) is 48.0 Å². The van der Waals surface area contributed by atoms with Crippen molar-refractivity contribution in [1.82, 2.24) is 4.90 Å². The standard InChI is InChI=1S/C17H19NO4S/c1-18-9-8-12(11-18)16-7-6-15(10-17(16)20)23(21,22)14-4-2-13(19)3-5-14/h2-7,10,12,19-20H,8-9,11H2,1H3. The van der Waals surface area contributed by atoms with Crippen molar-refractivity contribution in [1.29, 1.82) is 0 Å². The van der Waals surface area contributed by atoms with E-state index in [1.165, 1.54) is 36.4 Å². The zero-order chi connectivity index (χ0) is 16.6. The molecule has 1 heterocycles. The maximum absolute atomic E-state index is 12.6. The number of phenolic OH excluding ortho intramolecular Hbond substituents is 2. The summed E-state index contributed by atoms with van der Waals surface area (Å²) < 4.78 is 25.2. The molecule has 5 nitrogen and oxygen atoms in total. The van der Waals surface area contributed by atoms with Gasteiger partial charge in [0.15, 0.2) is 0 Å². The Hall–Kier alpha value is -2.05. The average Bonchev–Trinajstić information content (AvgIpc) is 2.94. The van der Waals surface area contributed by atoms with Crippen molar-refractivity contribution in [3.63, 3.8) is 0 Å². The molecule has 1 aliphatic rings. The molecule has 1 aliphatic heterocycles. The molecule has 1 atom stereocenters. The first-order chi connectivity index (χ1) is 10.9. The molecule has 6 heteroatoms. The third kappa shape index (κ3) is 3.04. The molecular formula is C17H19NO4S. The minimum atomic E-state index is -3.71. The molecule has 1 saturated heterocycles. The minimum absolute atomic E-state index is 0.00694. The summed E-state index contributed by atoms with van der Waals surface area (Å²) in [4.78, 5) is 2.32. The summed E-state index contributed by atoms with van der Waals surface area (Å²) in [5.74, 6) is 0.253. The summed E-state index contributed by atoms with van der Waals surface area (Å²) in [6.45, 7) is 1.83. The normalized spacial score (nSPS) is 19.1. The molecule has 0 saturated carbocycles. The molecule has 0 radical (unpaired) electrons. The van der Waals surface area contributed by atoms with E-state index in [1.807, 2.05) is 7.05 Å². The van der Waals surface area contributed by atoms with E-state index >= 15 is 0 Å². The Bertz CT molecular complexity index is 815. The summed E-state index contributed by atoms with van der Waals surface area (Å²) >= 11 is 0. The number of sulfone groups is 1. The fraction of sp³-hybridized carbons (Fsp3) is 0.294. The number of phenols is 2. The van der Waals surface area contributed by atoms with Crippen molar-refractivity contribution in [2.75, 3.05) is 20.1 Å². The number of hydrogen-bond donors (Lipinski definition) is 2. The summed E-state index contributed by atoms with van der Waals surface area (Å²) in [6, 6.07) is 9.91. The van der Waals surface area contributed by atoms with Crippen LogP contribution in [0.15, 0.2) is 52.3 Å². The van der Waals surface area contributed by atoms with Crippen LogP contribution in [0.2, 0.25) is 0 Å². The third-order valence-corrected chi connectivity index (χ3v) is 6.06. The molecule has 1 unspecified atom stereocenters. The SMILES string of the molecule is CN1CCC(c2ccc(S(=O)(=O)c3ccc(O)cc3)cc2O)C1. The van der Waals surface area contributed by atoms with E-state index < -0.39 is 9.84 Å². The Kier molecular flexibility index (Phi) is 4.04. The van der Waals surface area contributed by atoms with Gasteiger partial charge in [0.2, 0.25) is 9.84 Å². The number of benzene rings is 2. The van der Waals surface area contributed by atoms with Crippen LogP contribution in [0.3, 0.4) is 0 Å². The van der Waals surface area contributed by atoms with Crippen molar-refractivity contribution < 1.29 is 18.6 Å². The van der Waals surface area contributed by atoms with Gasteiger partial charge in [-0.05, 0) is 62.0 Å². The van der Waals surface area contributed by atoms with Gasteiger partial charge in [-0.3, -0.25) is 0 Å². The van der Waals surface area contributed by atoms with E-state index in [1.54, 1.807) is 6.07 Å². The quantitative estimate of drug-likeness (QED) is 0.901. The number of likely N-dealkylation sites (N-methyl/N-ethyl adjacent to an activating group) is 1. The molecule has 0 bridgehead atoms. The molecule has 122 valence electrons. The Labute approximate surface area is 135 Å². The zero-order valence-corrected chi connectivity index (χ0v) is 13.6. The van der Waals surface area contributed by atoms with Crippen LogP contribution in [-0.2, 0) is 9.84 Å². The average molecular weight is 333 g/mol. The van der Waals surface area contributed by atoms with Crippen molar-refractivity contribution in [3.8, 4) is 11.5 Å². The molecule has 0 aliphatic carbocycles. The molecule has 23 heavy (non-hydrogen) atoms. The first-order valence-corrected chi connectivity index (χ1v) is 8.92. The third-order valence-electron chi connectivity index (χ3n) is 4.29. The van der Waals surface area contributed by atoms with E-state index in [0.29, 0.717) is 0 Å². The highest BCUT2D eigenvalue weighted by molar-refractivity contribution is 7.91. The molecule has 2 aromatic carbocycles. The predicted octanol–water partition coefficient (Wildman–Crippen LogP) is 2.35. The molecule has 1 fully saturated rings. The Balaban J connectivity index is 1.94. The van der Waals surface area contributed by atoms with Crippen LogP contribution in [0.1, 0.15) is 17.9 Å². The van der Waals surface area contributed by atoms with Crippen LogP contribution in [0, 0.1) is 0 Å². The second-order valence-electron chi connectivity index (χ2n) is 5.97. The lowest BCUT2D eigenvalue weighted by Crippen LogP contribution is -2.13. The maximum Gasteiger partial charge on any atom is 0.206 e. The van der Waals surface area contributed by atoms with Crippen LogP contribution in [-0.4, -0.2) is 43.7 Å². The first-order valence-electron chi connectivity index (χ1n) is 7.43. The molecule has 3 rings (SSSR count). The second kappa shape index (κ2) is 5.86. The lowest BCUT2D eigenvalue weighted by atomic mass is 9.97. The van der Waals surface area contributed by atoms with Crippen LogP contribution >= 0.6 is 0 Å². The van der Waals surface area contributed by atoms with E-state index in [0.717, 1.165) is 25.1 Å². The monoisotopic (exact) mass is 333 g/mol. The van der Waals surface area contributed by atoms with Gasteiger partial charge in [-0.2, -0.15) is 0 Å². The minimum Gasteiger partial charge on any atom is -0.508 e. The van der Waals surface area contributed by atoms with Crippen LogP contribution in [0.5, 0.6) is 11.5 Å². The van der Waals surface area contributed by atoms with Gasteiger partial charge in [0.1, 0.15) is 11.5 Å². The highest BCUT2D eigenvalue weighted by Crippen LogP contribution is 2.35. The van der Waals surface area contributed by atoms with Gasteiger partial charge in [-0.1, -0.05) is 6.07 Å². The Morgan fingerprint density at radius 1 is 1.04 bits per heavy atom. The number of likely N-dealkylation sites (tertiary alicyclic amines) is 1. The highest BCUT2D eigenvalue weighted by Gasteiger charge is 2.25. The first kappa shape index (κ1) is 15.8. The summed E-state index contributed by atoms with van der Waals surface area (Å²) in [5, 5.41) is 19.5. The fourth-order valence-corrected chi connectivity index (χ4v) is 4.27. The van der Waals surface area contributed by atoms with Crippen molar-refractivity contribution >= 4 is 9.84 Å². The number of rotatable bonds is 3. The predicted molar refractivity (Wildman–Crippen MR) is 86.5 cm³/mol. The number of nitrogens with zero attached hydrogens (tertiary/aromatic N) is 1. The highest BCUT2D eigenvalue weighted by atomic mass is 32.2. The molecule has 2 aromatic rings. The zero-order valence-electron chi connectivity index (χ0n) is 12.8. The number of aromatic hydroxyl groups is 2. The molecule has 2 N–H and O–H groups in total. The van der Waals surface area contributed by atoms with Crippen LogP contribution in [0.25, 0.3) is 0 Å². The van der Waals surface area contributed by atoms with Crippen molar-refractivity contribution in [2.24, 2.45) is 0 Å². The fourth-order valence-electron chi connectivity index (χ4n) is 2.99. The van der Waals surface area contributed by atoms with Crippen LogP contribution < -0.4 is 0 Å². The summed E-state index contributed by atoms with van der Waals surface area (Å²) in [6.07, 6.45) is 0.952. The van der Waals surface area contributed by atoms with Gasteiger partial charge in [-0.15, -0.1) is 0 Å². The molecule has 0 aromatic heterocycles. The Morgan fingerprint density at radius 2 is 1.70 bits per heavy atom. The number of hydrogen-bond acceptors (Lipinski definition) is 5. The van der Waals surface area contributed by atoms with E-state index in [4.69, 9.17) is 0 Å². The van der Waals surface area contributed by atoms with Crippen molar-refractivity contribution in [2.45, 2.75) is 22.1 Å². The molecule has 0 amide bonds.